The third kappa shape index (κ3) is 2.04. The molecule has 0 spiro atoms. The lowest BCUT2D eigenvalue weighted by Gasteiger charge is -2.11. The fourth-order valence-electron chi connectivity index (χ4n) is 2.56. The minimum absolute atomic E-state index is 0.283. The Morgan fingerprint density at radius 3 is 2.94 bits per heavy atom. The Morgan fingerprint density at radius 2 is 2.12 bits per heavy atom. The second-order valence-corrected chi connectivity index (χ2v) is 4.59. The van der Waals surface area contributed by atoms with Gasteiger partial charge in [0.25, 0.3) is 0 Å². The fraction of sp³-hybridized carbons (Fsp3) is 0.429. The molecule has 2 heterocycles. The molecule has 2 heteroatoms. The van der Waals surface area contributed by atoms with Crippen LogP contribution in [0.5, 0.6) is 0 Å². The van der Waals surface area contributed by atoms with Gasteiger partial charge in [0.05, 0.1) is 6.10 Å². The Morgan fingerprint density at radius 1 is 1.25 bits per heavy atom. The smallest absolute Gasteiger partial charge is 0.0993 e. The van der Waals surface area contributed by atoms with E-state index in [0.717, 1.165) is 13.0 Å². The van der Waals surface area contributed by atoms with Crippen molar-refractivity contribution in [2.45, 2.75) is 31.4 Å². The first-order chi connectivity index (χ1) is 7.92. The van der Waals surface area contributed by atoms with E-state index in [4.69, 9.17) is 4.84 Å². The van der Waals surface area contributed by atoms with Crippen molar-refractivity contribution in [2.75, 3.05) is 6.54 Å². The van der Waals surface area contributed by atoms with Gasteiger partial charge in [0.15, 0.2) is 0 Å². The topological polar surface area (TPSA) is 12.5 Å². The highest BCUT2D eigenvalue weighted by Gasteiger charge is 2.35. The second kappa shape index (κ2) is 4.40. The van der Waals surface area contributed by atoms with Crippen LogP contribution in [0.2, 0.25) is 0 Å². The van der Waals surface area contributed by atoms with Gasteiger partial charge in [0.2, 0.25) is 0 Å². The molecule has 2 aliphatic rings. The molecule has 1 aromatic carbocycles. The maximum Gasteiger partial charge on any atom is 0.0993 e. The summed E-state index contributed by atoms with van der Waals surface area (Å²) in [5.74, 6) is 0. The van der Waals surface area contributed by atoms with Crippen LogP contribution in [0.25, 0.3) is 6.08 Å². The molecule has 16 heavy (non-hydrogen) atoms. The van der Waals surface area contributed by atoms with E-state index in [1.807, 2.05) is 6.07 Å². The largest absolute Gasteiger partial charge is 0.291 e. The molecule has 2 saturated heterocycles. The lowest BCUT2D eigenvalue weighted by atomic mass is 10.1. The van der Waals surface area contributed by atoms with Crippen LogP contribution in [0.15, 0.2) is 36.4 Å². The van der Waals surface area contributed by atoms with Crippen molar-refractivity contribution in [1.29, 1.82) is 0 Å². The molecule has 2 fully saturated rings. The summed E-state index contributed by atoms with van der Waals surface area (Å²) in [5.41, 5.74) is 1.25. The highest BCUT2D eigenvalue weighted by atomic mass is 16.7. The van der Waals surface area contributed by atoms with E-state index in [1.54, 1.807) is 0 Å². The highest BCUT2D eigenvalue weighted by molar-refractivity contribution is 5.49. The van der Waals surface area contributed by atoms with E-state index in [1.165, 1.54) is 18.4 Å². The van der Waals surface area contributed by atoms with E-state index < -0.39 is 0 Å². The summed E-state index contributed by atoms with van der Waals surface area (Å²) in [6, 6.07) is 11.1. The van der Waals surface area contributed by atoms with Crippen LogP contribution in [0.1, 0.15) is 24.8 Å². The molecule has 2 unspecified atom stereocenters. The maximum absolute atomic E-state index is 5.85. The van der Waals surface area contributed by atoms with Crippen molar-refractivity contribution in [3.8, 4) is 0 Å². The Hall–Kier alpha value is -1.12. The summed E-state index contributed by atoms with van der Waals surface area (Å²) < 4.78 is 0. The zero-order valence-corrected chi connectivity index (χ0v) is 9.38. The fourth-order valence-corrected chi connectivity index (χ4v) is 2.56. The zero-order valence-electron chi connectivity index (χ0n) is 9.38. The first-order valence-corrected chi connectivity index (χ1v) is 6.08. The van der Waals surface area contributed by atoms with Crippen molar-refractivity contribution in [3.05, 3.63) is 42.0 Å². The van der Waals surface area contributed by atoms with E-state index in [9.17, 15) is 0 Å². The van der Waals surface area contributed by atoms with E-state index in [-0.39, 0.29) is 6.10 Å². The molecule has 0 radical (unpaired) electrons. The molecule has 0 saturated carbocycles. The highest BCUT2D eigenvalue weighted by Crippen LogP contribution is 2.30. The average molecular weight is 215 g/mol. The van der Waals surface area contributed by atoms with Crippen LogP contribution in [-0.2, 0) is 4.84 Å². The van der Waals surface area contributed by atoms with E-state index in [0.29, 0.717) is 6.04 Å². The summed E-state index contributed by atoms with van der Waals surface area (Å²) in [6.45, 7) is 1.11. The van der Waals surface area contributed by atoms with Gasteiger partial charge in [-0.1, -0.05) is 42.5 Å². The van der Waals surface area contributed by atoms with Gasteiger partial charge in [-0.25, -0.2) is 0 Å². The van der Waals surface area contributed by atoms with Crippen molar-refractivity contribution in [1.82, 2.24) is 5.06 Å². The molecule has 2 atom stereocenters. The number of benzene rings is 1. The molecule has 0 amide bonds. The standard InChI is InChI=1S/C14H17NO/c1-2-5-12(6-3-1)8-9-14-11-13-7-4-10-15(13)16-14/h1-3,5-6,8-9,13-14H,4,7,10-11H2. The summed E-state index contributed by atoms with van der Waals surface area (Å²) in [7, 11) is 0. The van der Waals surface area contributed by atoms with Gasteiger partial charge >= 0.3 is 0 Å². The van der Waals surface area contributed by atoms with Gasteiger partial charge in [-0.15, -0.1) is 0 Å². The first-order valence-electron chi connectivity index (χ1n) is 6.08. The summed E-state index contributed by atoms with van der Waals surface area (Å²) >= 11 is 0. The third-order valence-electron chi connectivity index (χ3n) is 3.40. The lowest BCUT2D eigenvalue weighted by Crippen LogP contribution is -2.20. The van der Waals surface area contributed by atoms with Crippen molar-refractivity contribution in [3.63, 3.8) is 0 Å². The molecule has 3 rings (SSSR count). The van der Waals surface area contributed by atoms with Crippen molar-refractivity contribution < 1.29 is 4.84 Å². The summed E-state index contributed by atoms with van der Waals surface area (Å²) in [5, 5.41) is 2.17. The predicted octanol–water partition coefficient (Wildman–Crippen LogP) is 2.87. The number of rotatable bonds is 2. The molecule has 2 aliphatic heterocycles. The van der Waals surface area contributed by atoms with Gasteiger partial charge in [0.1, 0.15) is 0 Å². The number of hydroxylamine groups is 2. The molecule has 0 bridgehead atoms. The molecule has 0 aliphatic carbocycles. The van der Waals surface area contributed by atoms with E-state index >= 15 is 0 Å². The van der Waals surface area contributed by atoms with Crippen LogP contribution >= 0.6 is 0 Å². The minimum Gasteiger partial charge on any atom is -0.291 e. The number of nitrogens with zero attached hydrogens (tertiary/aromatic N) is 1. The zero-order chi connectivity index (χ0) is 10.8. The SMILES string of the molecule is C(=CC1CC2CCCN2O1)c1ccccc1. The van der Waals surface area contributed by atoms with Gasteiger partial charge in [-0.3, -0.25) is 4.84 Å². The Labute approximate surface area is 96.5 Å². The quantitative estimate of drug-likeness (QED) is 0.752. The van der Waals surface area contributed by atoms with Crippen molar-refractivity contribution >= 4 is 6.08 Å². The predicted molar refractivity (Wildman–Crippen MR) is 64.7 cm³/mol. The van der Waals surface area contributed by atoms with Gasteiger partial charge in [0, 0.05) is 12.6 Å². The molecule has 84 valence electrons. The van der Waals surface area contributed by atoms with Gasteiger partial charge < -0.3 is 0 Å². The van der Waals surface area contributed by atoms with Crippen LogP contribution in [0, 0.1) is 0 Å². The Kier molecular flexibility index (Phi) is 2.77. The Balaban J connectivity index is 1.62. The monoisotopic (exact) mass is 215 g/mol. The van der Waals surface area contributed by atoms with Crippen LogP contribution < -0.4 is 0 Å². The summed E-state index contributed by atoms with van der Waals surface area (Å²) in [4.78, 5) is 5.85. The first kappa shape index (κ1) is 10.1. The molecule has 0 aromatic heterocycles. The number of hydrogen-bond donors (Lipinski definition) is 0. The molecule has 1 aromatic rings. The van der Waals surface area contributed by atoms with E-state index in [2.05, 4.69) is 41.5 Å². The van der Waals surface area contributed by atoms with Crippen LogP contribution in [0.3, 0.4) is 0 Å². The van der Waals surface area contributed by atoms with Crippen molar-refractivity contribution in [2.24, 2.45) is 0 Å². The summed E-state index contributed by atoms with van der Waals surface area (Å²) in [6.07, 6.45) is 8.38. The third-order valence-corrected chi connectivity index (χ3v) is 3.40. The number of fused-ring (bicyclic) bond motifs is 1. The van der Waals surface area contributed by atoms with Crippen LogP contribution in [0.4, 0.5) is 0 Å². The maximum atomic E-state index is 5.85. The second-order valence-electron chi connectivity index (χ2n) is 4.59. The minimum atomic E-state index is 0.283. The van der Waals surface area contributed by atoms with Gasteiger partial charge in [-0.05, 0) is 24.8 Å². The molecule has 0 N–H and O–H groups in total. The molecular formula is C14H17NO. The number of hydrogen-bond acceptors (Lipinski definition) is 2. The normalized spacial score (nSPS) is 30.0. The molecular weight excluding hydrogens is 198 g/mol. The average Bonchev–Trinajstić information content (AvgIpc) is 2.88. The van der Waals surface area contributed by atoms with Crippen LogP contribution in [-0.4, -0.2) is 23.8 Å². The van der Waals surface area contributed by atoms with Gasteiger partial charge in [-0.2, -0.15) is 5.06 Å². The Bertz CT molecular complexity index is 362. The molecule has 2 nitrogen and oxygen atoms in total. The lowest BCUT2D eigenvalue weighted by molar-refractivity contribution is -0.134.